The van der Waals surface area contributed by atoms with E-state index in [0.29, 0.717) is 0 Å². The maximum absolute atomic E-state index is 2.43. The molecule has 0 saturated heterocycles. The van der Waals surface area contributed by atoms with E-state index in [1.807, 2.05) is 0 Å². The van der Waals surface area contributed by atoms with Crippen molar-refractivity contribution in [2.24, 2.45) is 0 Å². The van der Waals surface area contributed by atoms with Gasteiger partial charge in [0.05, 0.1) is 25.7 Å². The molecule has 0 atom stereocenters. The lowest BCUT2D eigenvalue weighted by atomic mass is 9.91. The van der Waals surface area contributed by atoms with Gasteiger partial charge >= 0.3 is 0 Å². The lowest BCUT2D eigenvalue weighted by Gasteiger charge is -2.45. The molecule has 0 aromatic carbocycles. The van der Waals surface area contributed by atoms with Crippen molar-refractivity contribution in [3.05, 3.63) is 0 Å². The van der Waals surface area contributed by atoms with Crippen molar-refractivity contribution in [1.29, 1.82) is 0 Å². The molecule has 20 heavy (non-hydrogen) atoms. The average molecular weight is 304 g/mol. The van der Waals surface area contributed by atoms with Crippen LogP contribution in [0.3, 0.4) is 0 Å². The molecule has 2 heteroatoms. The molecule has 0 amide bonds. The van der Waals surface area contributed by atoms with E-state index in [4.69, 9.17) is 0 Å². The predicted octanol–water partition coefficient (Wildman–Crippen LogP) is 2.54. The molecule has 1 nitrogen and oxygen atoms in total. The highest BCUT2D eigenvalue weighted by molar-refractivity contribution is 4.67. The number of unbranched alkanes of at least 4 members (excludes halogenated alkanes) is 5. The second kappa shape index (κ2) is 11.9. The van der Waals surface area contributed by atoms with Crippen molar-refractivity contribution in [2.45, 2.75) is 97.4 Å². The van der Waals surface area contributed by atoms with Gasteiger partial charge in [0.15, 0.2) is 0 Å². The van der Waals surface area contributed by atoms with Crippen LogP contribution in [0.1, 0.15) is 91.4 Å². The Balaban J connectivity index is 0.00000361. The summed E-state index contributed by atoms with van der Waals surface area (Å²) in [4.78, 5) is 0. The first-order chi connectivity index (χ1) is 9.29. The van der Waals surface area contributed by atoms with Gasteiger partial charge in [0.2, 0.25) is 0 Å². The molecule has 1 saturated carbocycles. The van der Waals surface area contributed by atoms with Gasteiger partial charge in [-0.1, -0.05) is 39.0 Å². The Hall–Kier alpha value is 0.250. The van der Waals surface area contributed by atoms with Crippen LogP contribution in [-0.2, 0) is 0 Å². The third-order valence-electron chi connectivity index (χ3n) is 5.57. The second-order valence-electron chi connectivity index (χ2n) is 6.63. The number of nitrogens with zero attached hydrogens (tertiary/aromatic N) is 1. The van der Waals surface area contributed by atoms with E-state index in [2.05, 4.69) is 20.8 Å². The molecule has 0 N–H and O–H groups in total. The van der Waals surface area contributed by atoms with Crippen molar-refractivity contribution in [2.75, 3.05) is 19.6 Å². The first-order valence-corrected chi connectivity index (χ1v) is 9.14. The van der Waals surface area contributed by atoms with Gasteiger partial charge in [-0.15, -0.1) is 0 Å². The standard InChI is InChI=1S/C18H38N.ClH/c1-4-7-8-9-10-14-17-19(5-2,6-3)18-15-12-11-13-16-18;/h18H,4-17H2,1-3H3;1H/q+1;/p-1. The number of hydrogen-bond donors (Lipinski definition) is 0. The fraction of sp³-hybridized carbons (Fsp3) is 1.00. The van der Waals surface area contributed by atoms with Gasteiger partial charge in [-0.3, -0.25) is 0 Å². The van der Waals surface area contributed by atoms with Gasteiger partial charge in [-0.05, 0) is 52.4 Å². The minimum absolute atomic E-state index is 0. The monoisotopic (exact) mass is 303 g/mol. The summed E-state index contributed by atoms with van der Waals surface area (Å²) in [5, 5.41) is 0. The molecule has 1 rings (SSSR count). The minimum Gasteiger partial charge on any atom is -1.00 e. The number of rotatable bonds is 10. The van der Waals surface area contributed by atoms with Crippen molar-refractivity contribution < 1.29 is 16.9 Å². The minimum atomic E-state index is 0. The van der Waals surface area contributed by atoms with Crippen LogP contribution in [0.25, 0.3) is 0 Å². The molecule has 122 valence electrons. The van der Waals surface area contributed by atoms with E-state index in [9.17, 15) is 0 Å². The quantitative estimate of drug-likeness (QED) is 0.430. The normalized spacial score (nSPS) is 16.9. The molecule has 0 aromatic rings. The smallest absolute Gasteiger partial charge is 0.0890 e. The van der Waals surface area contributed by atoms with Gasteiger partial charge < -0.3 is 16.9 Å². The molecule has 0 bridgehead atoms. The maximum Gasteiger partial charge on any atom is 0.0890 e. The molecular formula is C18H38ClN. The average Bonchev–Trinajstić information content (AvgIpc) is 2.48. The number of quaternary nitrogens is 1. The first-order valence-electron chi connectivity index (χ1n) is 9.14. The van der Waals surface area contributed by atoms with Gasteiger partial charge in [0.1, 0.15) is 0 Å². The number of halogens is 1. The highest BCUT2D eigenvalue weighted by atomic mass is 35.5. The molecule has 1 fully saturated rings. The van der Waals surface area contributed by atoms with Crippen molar-refractivity contribution >= 4 is 0 Å². The molecule has 1 aliphatic rings. The Morgan fingerprint density at radius 3 is 1.85 bits per heavy atom. The first kappa shape index (κ1) is 20.2. The van der Waals surface area contributed by atoms with Crippen LogP contribution in [-0.4, -0.2) is 30.2 Å². The highest BCUT2D eigenvalue weighted by Gasteiger charge is 2.34. The van der Waals surface area contributed by atoms with E-state index in [1.165, 1.54) is 94.7 Å². The van der Waals surface area contributed by atoms with Crippen LogP contribution >= 0.6 is 0 Å². The molecule has 1 aliphatic carbocycles. The summed E-state index contributed by atoms with van der Waals surface area (Å²) in [7, 11) is 0. The highest BCUT2D eigenvalue weighted by Crippen LogP contribution is 2.29. The zero-order valence-electron chi connectivity index (χ0n) is 14.3. The summed E-state index contributed by atoms with van der Waals surface area (Å²) in [5.41, 5.74) is 0. The van der Waals surface area contributed by atoms with Crippen LogP contribution in [0.4, 0.5) is 0 Å². The Morgan fingerprint density at radius 2 is 1.30 bits per heavy atom. The molecule has 0 spiro atoms. The largest absolute Gasteiger partial charge is 1.00 e. The van der Waals surface area contributed by atoms with Crippen LogP contribution in [0, 0.1) is 0 Å². The lowest BCUT2D eigenvalue weighted by molar-refractivity contribution is -0.949. The van der Waals surface area contributed by atoms with E-state index < -0.39 is 0 Å². The zero-order chi connectivity index (χ0) is 14.0. The van der Waals surface area contributed by atoms with Gasteiger partial charge in [0.25, 0.3) is 0 Å². The summed E-state index contributed by atoms with van der Waals surface area (Å²) >= 11 is 0. The van der Waals surface area contributed by atoms with E-state index in [1.54, 1.807) is 0 Å². The van der Waals surface area contributed by atoms with Crippen LogP contribution in [0.15, 0.2) is 0 Å². The summed E-state index contributed by atoms with van der Waals surface area (Å²) in [6.45, 7) is 11.3. The number of hydrogen-bond acceptors (Lipinski definition) is 0. The second-order valence-corrected chi connectivity index (χ2v) is 6.63. The molecule has 0 unspecified atom stereocenters. The Bertz CT molecular complexity index is 207. The van der Waals surface area contributed by atoms with Crippen molar-refractivity contribution in [3.63, 3.8) is 0 Å². The predicted molar refractivity (Wildman–Crippen MR) is 86.5 cm³/mol. The van der Waals surface area contributed by atoms with Crippen LogP contribution < -0.4 is 12.4 Å². The maximum atomic E-state index is 2.43. The van der Waals surface area contributed by atoms with Gasteiger partial charge in [-0.2, -0.15) is 0 Å². The van der Waals surface area contributed by atoms with E-state index in [-0.39, 0.29) is 12.4 Å². The van der Waals surface area contributed by atoms with Crippen LogP contribution in [0.2, 0.25) is 0 Å². The summed E-state index contributed by atoms with van der Waals surface area (Å²) in [6.07, 6.45) is 16.1. The molecule has 0 heterocycles. The topological polar surface area (TPSA) is 0 Å². The zero-order valence-corrected chi connectivity index (χ0v) is 15.1. The fourth-order valence-electron chi connectivity index (χ4n) is 4.07. The van der Waals surface area contributed by atoms with E-state index in [0.717, 1.165) is 6.04 Å². The van der Waals surface area contributed by atoms with Crippen LogP contribution in [0.5, 0.6) is 0 Å². The molecule has 0 radical (unpaired) electrons. The van der Waals surface area contributed by atoms with Crippen molar-refractivity contribution in [1.82, 2.24) is 0 Å². The van der Waals surface area contributed by atoms with Crippen molar-refractivity contribution in [3.8, 4) is 0 Å². The lowest BCUT2D eigenvalue weighted by Crippen LogP contribution is -3.00. The Labute approximate surface area is 134 Å². The molecule has 0 aromatic heterocycles. The SMILES string of the molecule is CCCCCCCC[N+](CC)(CC)C1CCCCC1.[Cl-]. The molecule has 0 aliphatic heterocycles. The van der Waals surface area contributed by atoms with Gasteiger partial charge in [-0.25, -0.2) is 0 Å². The Morgan fingerprint density at radius 1 is 0.750 bits per heavy atom. The van der Waals surface area contributed by atoms with E-state index >= 15 is 0 Å². The fourth-order valence-corrected chi connectivity index (χ4v) is 4.07. The summed E-state index contributed by atoms with van der Waals surface area (Å²) in [6, 6.07) is 0.986. The third-order valence-corrected chi connectivity index (χ3v) is 5.57. The summed E-state index contributed by atoms with van der Waals surface area (Å²) in [5.74, 6) is 0. The Kier molecular flexibility index (Phi) is 12.0. The third kappa shape index (κ3) is 6.35. The molecular weight excluding hydrogens is 266 g/mol. The van der Waals surface area contributed by atoms with Gasteiger partial charge in [0, 0.05) is 0 Å². The summed E-state index contributed by atoms with van der Waals surface area (Å²) < 4.78 is 1.42.